The van der Waals surface area contributed by atoms with Crippen molar-refractivity contribution in [1.29, 1.82) is 0 Å². The molecule has 3 heterocycles. The van der Waals surface area contributed by atoms with E-state index in [0.29, 0.717) is 25.5 Å². The molecule has 1 amide bonds. The van der Waals surface area contributed by atoms with Crippen LogP contribution in [0.4, 0.5) is 5.69 Å². The van der Waals surface area contributed by atoms with E-state index in [1.54, 1.807) is 21.9 Å². The second-order valence-electron chi connectivity index (χ2n) is 6.26. The third-order valence-electron chi connectivity index (χ3n) is 4.17. The van der Waals surface area contributed by atoms with Gasteiger partial charge >= 0.3 is 0 Å². The number of carbonyl (C=O) groups is 1. The molecule has 0 saturated carbocycles. The summed E-state index contributed by atoms with van der Waals surface area (Å²) in [5.41, 5.74) is 2.87. The van der Waals surface area contributed by atoms with Gasteiger partial charge in [0.1, 0.15) is 6.10 Å². The van der Waals surface area contributed by atoms with Gasteiger partial charge in [0.2, 0.25) is 0 Å². The fourth-order valence-corrected chi connectivity index (χ4v) is 2.82. The van der Waals surface area contributed by atoms with Crippen LogP contribution in [-0.4, -0.2) is 59.1 Å². The molecule has 7 nitrogen and oxygen atoms in total. The second kappa shape index (κ2) is 6.60. The van der Waals surface area contributed by atoms with Crippen LogP contribution >= 0.6 is 0 Å². The molecule has 1 fully saturated rings. The van der Waals surface area contributed by atoms with E-state index >= 15 is 0 Å². The van der Waals surface area contributed by atoms with Crippen molar-refractivity contribution in [1.82, 2.24) is 19.4 Å². The molecular formula is C17H23N5O2. The average Bonchev–Trinajstić information content (AvgIpc) is 2.99. The number of carbonyl (C=O) groups excluding carboxylic acids is 1. The van der Waals surface area contributed by atoms with E-state index in [-0.39, 0.29) is 12.0 Å². The van der Waals surface area contributed by atoms with Crippen molar-refractivity contribution in [2.75, 3.05) is 38.7 Å². The summed E-state index contributed by atoms with van der Waals surface area (Å²) in [6, 6.07) is 4.05. The Morgan fingerprint density at radius 2 is 2.17 bits per heavy atom. The smallest absolute Gasteiger partial charge is 0.290 e. The van der Waals surface area contributed by atoms with Gasteiger partial charge in [-0.25, -0.2) is 4.98 Å². The van der Waals surface area contributed by atoms with Crippen molar-refractivity contribution in [3.8, 4) is 0 Å². The Hall–Kier alpha value is -2.41. The van der Waals surface area contributed by atoms with Crippen molar-refractivity contribution in [3.05, 3.63) is 41.7 Å². The minimum atomic E-state index is -0.221. The van der Waals surface area contributed by atoms with E-state index in [9.17, 15) is 4.79 Å². The van der Waals surface area contributed by atoms with E-state index in [1.165, 1.54) is 0 Å². The number of imidazole rings is 1. The molecule has 128 valence electrons. The fraction of sp³-hybridized carbons (Fsp3) is 0.471. The summed E-state index contributed by atoms with van der Waals surface area (Å²) in [5.74, 6) is 0.373. The van der Waals surface area contributed by atoms with Gasteiger partial charge in [0.05, 0.1) is 18.8 Å². The van der Waals surface area contributed by atoms with Crippen LogP contribution in [0.5, 0.6) is 0 Å². The number of aryl methyl sites for hydroxylation is 2. The Bertz CT molecular complexity index is 740. The van der Waals surface area contributed by atoms with Gasteiger partial charge in [-0.1, -0.05) is 0 Å². The third-order valence-corrected chi connectivity index (χ3v) is 4.17. The monoisotopic (exact) mass is 329 g/mol. The number of aromatic nitrogens is 3. The molecule has 0 N–H and O–H groups in total. The summed E-state index contributed by atoms with van der Waals surface area (Å²) in [6.45, 7) is 3.51. The highest BCUT2D eigenvalue weighted by Crippen LogP contribution is 2.25. The Morgan fingerprint density at radius 1 is 1.38 bits per heavy atom. The maximum Gasteiger partial charge on any atom is 0.290 e. The topological polar surface area (TPSA) is 63.5 Å². The summed E-state index contributed by atoms with van der Waals surface area (Å²) in [7, 11) is 5.82. The van der Waals surface area contributed by atoms with Gasteiger partial charge in [0.15, 0.2) is 5.82 Å². The van der Waals surface area contributed by atoms with Gasteiger partial charge in [0.25, 0.3) is 5.91 Å². The quantitative estimate of drug-likeness (QED) is 0.852. The zero-order valence-corrected chi connectivity index (χ0v) is 14.6. The number of morpholine rings is 1. The lowest BCUT2D eigenvalue weighted by molar-refractivity contribution is -0.0252. The SMILES string of the molecule is Cc1cc(N(C)C)cc(C2CN(C(=O)c3nccn3C)CCO2)n1. The lowest BCUT2D eigenvalue weighted by atomic mass is 10.1. The fourth-order valence-electron chi connectivity index (χ4n) is 2.82. The first-order valence-corrected chi connectivity index (χ1v) is 8.00. The van der Waals surface area contributed by atoms with Gasteiger partial charge in [-0.15, -0.1) is 0 Å². The molecule has 0 aromatic carbocycles. The molecule has 0 radical (unpaired) electrons. The highest BCUT2D eigenvalue weighted by molar-refractivity contribution is 5.90. The number of pyridine rings is 1. The molecule has 1 aliphatic rings. The normalized spacial score (nSPS) is 17.8. The lowest BCUT2D eigenvalue weighted by Gasteiger charge is -2.32. The summed E-state index contributed by atoms with van der Waals surface area (Å²) in [4.78, 5) is 25.2. The molecule has 2 aromatic heterocycles. The highest BCUT2D eigenvalue weighted by Gasteiger charge is 2.29. The largest absolute Gasteiger partial charge is 0.378 e. The maximum absolute atomic E-state index is 12.7. The van der Waals surface area contributed by atoms with E-state index in [0.717, 1.165) is 17.1 Å². The number of anilines is 1. The zero-order valence-electron chi connectivity index (χ0n) is 14.6. The Kier molecular flexibility index (Phi) is 4.53. The maximum atomic E-state index is 12.7. The van der Waals surface area contributed by atoms with E-state index in [1.807, 2.05) is 45.1 Å². The van der Waals surface area contributed by atoms with Crippen molar-refractivity contribution in [3.63, 3.8) is 0 Å². The summed E-state index contributed by atoms with van der Waals surface area (Å²) < 4.78 is 7.62. The van der Waals surface area contributed by atoms with Crippen LogP contribution in [0.15, 0.2) is 24.5 Å². The van der Waals surface area contributed by atoms with Gasteiger partial charge in [0, 0.05) is 51.5 Å². The molecule has 1 saturated heterocycles. The second-order valence-corrected chi connectivity index (χ2v) is 6.26. The number of nitrogens with zero attached hydrogens (tertiary/aromatic N) is 5. The molecule has 24 heavy (non-hydrogen) atoms. The van der Waals surface area contributed by atoms with Crippen molar-refractivity contribution in [2.24, 2.45) is 7.05 Å². The molecule has 3 rings (SSSR count). The molecular weight excluding hydrogens is 306 g/mol. The van der Waals surface area contributed by atoms with Crippen LogP contribution in [-0.2, 0) is 11.8 Å². The van der Waals surface area contributed by atoms with Gasteiger partial charge in [-0.2, -0.15) is 0 Å². The first-order valence-electron chi connectivity index (χ1n) is 8.00. The van der Waals surface area contributed by atoms with E-state index in [4.69, 9.17) is 4.74 Å². The van der Waals surface area contributed by atoms with Gasteiger partial charge < -0.3 is 19.1 Å². The summed E-state index contributed by atoms with van der Waals surface area (Å²) in [5, 5.41) is 0. The van der Waals surface area contributed by atoms with Gasteiger partial charge in [-0.3, -0.25) is 9.78 Å². The number of ether oxygens (including phenoxy) is 1. The summed E-state index contributed by atoms with van der Waals surface area (Å²) >= 11 is 0. The molecule has 1 aliphatic heterocycles. The van der Waals surface area contributed by atoms with Gasteiger partial charge in [-0.05, 0) is 19.1 Å². The van der Waals surface area contributed by atoms with Crippen LogP contribution in [0.3, 0.4) is 0 Å². The predicted octanol–water partition coefficient (Wildman–Crippen LogP) is 1.40. The van der Waals surface area contributed by atoms with Crippen LogP contribution < -0.4 is 4.90 Å². The molecule has 0 aliphatic carbocycles. The van der Waals surface area contributed by atoms with Crippen LogP contribution in [0.1, 0.15) is 28.1 Å². The standard InChI is InChI=1S/C17H23N5O2/c1-12-9-13(20(2)3)10-14(19-12)15-11-22(7-8-24-15)17(23)16-18-5-6-21(16)4/h5-6,9-10,15H,7-8,11H2,1-4H3. The van der Waals surface area contributed by atoms with E-state index in [2.05, 4.69) is 9.97 Å². The third kappa shape index (κ3) is 3.26. The molecule has 1 unspecified atom stereocenters. The molecule has 0 bridgehead atoms. The number of rotatable bonds is 3. The van der Waals surface area contributed by atoms with Crippen molar-refractivity contribution < 1.29 is 9.53 Å². The minimum Gasteiger partial charge on any atom is -0.378 e. The molecule has 2 aromatic rings. The first kappa shape index (κ1) is 16.4. The molecule has 1 atom stereocenters. The van der Waals surface area contributed by atoms with Crippen molar-refractivity contribution in [2.45, 2.75) is 13.0 Å². The Balaban J connectivity index is 1.81. The highest BCUT2D eigenvalue weighted by atomic mass is 16.5. The Morgan fingerprint density at radius 3 is 2.83 bits per heavy atom. The van der Waals surface area contributed by atoms with Crippen molar-refractivity contribution >= 4 is 11.6 Å². The van der Waals surface area contributed by atoms with E-state index < -0.39 is 0 Å². The minimum absolute atomic E-state index is 0.0729. The molecule has 0 spiro atoms. The number of hydrogen-bond donors (Lipinski definition) is 0. The summed E-state index contributed by atoms with van der Waals surface area (Å²) in [6.07, 6.45) is 3.19. The molecule has 7 heteroatoms. The number of amides is 1. The van der Waals surface area contributed by atoms with Crippen LogP contribution in [0.25, 0.3) is 0 Å². The first-order chi connectivity index (χ1) is 11.5. The average molecular weight is 329 g/mol. The zero-order chi connectivity index (χ0) is 17.3. The van der Waals surface area contributed by atoms with Crippen LogP contribution in [0.2, 0.25) is 0 Å². The Labute approximate surface area is 141 Å². The predicted molar refractivity (Wildman–Crippen MR) is 91.1 cm³/mol. The van der Waals surface area contributed by atoms with Crippen LogP contribution in [0, 0.1) is 6.92 Å². The lowest BCUT2D eigenvalue weighted by Crippen LogP contribution is -2.43. The number of hydrogen-bond acceptors (Lipinski definition) is 5.